The van der Waals surface area contributed by atoms with E-state index in [-0.39, 0.29) is 12.1 Å². The van der Waals surface area contributed by atoms with Gasteiger partial charge >= 0.3 is 11.7 Å². The van der Waals surface area contributed by atoms with Gasteiger partial charge in [0.05, 0.1) is 12.2 Å². The number of oxazole rings is 1. The van der Waals surface area contributed by atoms with E-state index in [1.54, 1.807) is 10.8 Å². The highest BCUT2D eigenvalue weighted by Crippen LogP contribution is 2.36. The molecule has 0 bridgehead atoms. The molecule has 4 rings (SSSR count). The van der Waals surface area contributed by atoms with Crippen molar-refractivity contribution in [2.45, 2.75) is 52.2 Å². The topological polar surface area (TPSA) is 44.4 Å². The van der Waals surface area contributed by atoms with E-state index in [9.17, 15) is 4.79 Å². The van der Waals surface area contributed by atoms with Crippen molar-refractivity contribution in [2.75, 3.05) is 0 Å². The van der Waals surface area contributed by atoms with E-state index in [4.69, 9.17) is 9.15 Å². The molecule has 0 radical (unpaired) electrons. The van der Waals surface area contributed by atoms with Crippen molar-refractivity contribution >= 4 is 0 Å². The second kappa shape index (κ2) is 8.95. The fourth-order valence-electron chi connectivity index (χ4n) is 4.75. The third kappa shape index (κ3) is 4.38. The standard InChI is InChI=1S/C26H31NO3/c1-18(2)22-15-14-19(3)16-23(22)29-24-17-27(26(28)30-24)25(20-10-6-4-7-11-20)21-12-8-5-9-13-21/h4-13,17-19,22-23,25H,14-16H2,1-3H3. The molecular formula is C26H31NO3. The molecule has 1 heterocycles. The highest BCUT2D eigenvalue weighted by molar-refractivity contribution is 5.33. The number of aromatic nitrogens is 1. The van der Waals surface area contributed by atoms with E-state index in [2.05, 4.69) is 20.8 Å². The molecule has 158 valence electrons. The van der Waals surface area contributed by atoms with Crippen LogP contribution in [0, 0.1) is 17.8 Å². The Hall–Kier alpha value is -2.75. The van der Waals surface area contributed by atoms with E-state index in [0.29, 0.717) is 23.7 Å². The summed E-state index contributed by atoms with van der Waals surface area (Å²) in [6.07, 6.45) is 5.21. The Kier molecular flexibility index (Phi) is 6.12. The normalized spacial score (nSPS) is 21.8. The van der Waals surface area contributed by atoms with E-state index in [1.165, 1.54) is 6.42 Å². The van der Waals surface area contributed by atoms with Gasteiger partial charge in [0.15, 0.2) is 0 Å². The summed E-state index contributed by atoms with van der Waals surface area (Å²) in [6, 6.07) is 19.8. The molecule has 3 aromatic rings. The first kappa shape index (κ1) is 20.5. The van der Waals surface area contributed by atoms with Crippen molar-refractivity contribution in [3.63, 3.8) is 0 Å². The summed E-state index contributed by atoms with van der Waals surface area (Å²) in [4.78, 5) is 12.9. The van der Waals surface area contributed by atoms with Crippen molar-refractivity contribution < 1.29 is 9.15 Å². The van der Waals surface area contributed by atoms with Crippen LogP contribution in [0.5, 0.6) is 5.95 Å². The lowest BCUT2D eigenvalue weighted by molar-refractivity contribution is 0.0279. The van der Waals surface area contributed by atoms with Gasteiger partial charge in [0.1, 0.15) is 6.10 Å². The van der Waals surface area contributed by atoms with Crippen molar-refractivity contribution in [1.82, 2.24) is 4.57 Å². The molecule has 0 aliphatic heterocycles. The molecule has 3 atom stereocenters. The minimum absolute atomic E-state index is 0.0830. The van der Waals surface area contributed by atoms with Crippen LogP contribution < -0.4 is 10.5 Å². The van der Waals surface area contributed by atoms with Crippen molar-refractivity contribution in [3.8, 4) is 5.95 Å². The molecule has 4 nitrogen and oxygen atoms in total. The van der Waals surface area contributed by atoms with Gasteiger partial charge in [-0.25, -0.2) is 4.79 Å². The van der Waals surface area contributed by atoms with Gasteiger partial charge in [-0.1, -0.05) is 87.9 Å². The van der Waals surface area contributed by atoms with Crippen LogP contribution in [0.3, 0.4) is 0 Å². The monoisotopic (exact) mass is 405 g/mol. The quantitative estimate of drug-likeness (QED) is 0.511. The summed E-state index contributed by atoms with van der Waals surface area (Å²) >= 11 is 0. The second-order valence-electron chi connectivity index (χ2n) is 8.93. The summed E-state index contributed by atoms with van der Waals surface area (Å²) in [6.45, 7) is 6.77. The van der Waals surface area contributed by atoms with Gasteiger partial charge in [0.2, 0.25) is 0 Å². The van der Waals surface area contributed by atoms with Crippen LogP contribution in [0.15, 0.2) is 76.1 Å². The lowest BCUT2D eigenvalue weighted by atomic mass is 9.75. The maximum atomic E-state index is 12.9. The van der Waals surface area contributed by atoms with Crippen molar-refractivity contribution in [3.05, 3.63) is 88.5 Å². The maximum Gasteiger partial charge on any atom is 0.422 e. The van der Waals surface area contributed by atoms with Crippen molar-refractivity contribution in [2.24, 2.45) is 17.8 Å². The highest BCUT2D eigenvalue weighted by Gasteiger charge is 2.33. The molecule has 1 aliphatic carbocycles. The number of hydrogen-bond donors (Lipinski definition) is 0. The Bertz CT molecular complexity index is 950. The number of nitrogens with zero attached hydrogens (tertiary/aromatic N) is 1. The smallest absolute Gasteiger partial charge is 0.422 e. The molecule has 0 saturated heterocycles. The fraction of sp³-hybridized carbons (Fsp3) is 0.423. The Balaban J connectivity index is 1.67. The van der Waals surface area contributed by atoms with Gasteiger partial charge in [-0.3, -0.25) is 4.57 Å². The average Bonchev–Trinajstić information content (AvgIpc) is 3.09. The molecule has 2 aromatic carbocycles. The Labute approximate surface area is 178 Å². The van der Waals surface area contributed by atoms with Crippen LogP contribution >= 0.6 is 0 Å². The van der Waals surface area contributed by atoms with Crippen molar-refractivity contribution in [1.29, 1.82) is 0 Å². The molecule has 30 heavy (non-hydrogen) atoms. The van der Waals surface area contributed by atoms with Crippen LogP contribution in [0.25, 0.3) is 0 Å². The summed E-state index contributed by atoms with van der Waals surface area (Å²) in [5.41, 5.74) is 2.06. The molecule has 1 saturated carbocycles. The zero-order chi connectivity index (χ0) is 21.1. The first-order chi connectivity index (χ1) is 14.5. The minimum Gasteiger partial charge on any atom is -0.460 e. The van der Waals surface area contributed by atoms with E-state index < -0.39 is 5.76 Å². The molecule has 0 spiro atoms. The number of rotatable bonds is 6. The molecule has 4 heteroatoms. The molecule has 1 aromatic heterocycles. The number of hydrogen-bond acceptors (Lipinski definition) is 3. The molecule has 3 unspecified atom stereocenters. The van der Waals surface area contributed by atoms with Gasteiger partial charge in [0.25, 0.3) is 0 Å². The van der Waals surface area contributed by atoms with Gasteiger partial charge in [-0.15, -0.1) is 0 Å². The molecule has 0 amide bonds. The minimum atomic E-state index is -0.396. The van der Waals surface area contributed by atoms with Gasteiger partial charge in [-0.2, -0.15) is 0 Å². The van der Waals surface area contributed by atoms with Crippen LogP contribution in [0.2, 0.25) is 0 Å². The molecule has 1 aliphatic rings. The average molecular weight is 406 g/mol. The summed E-state index contributed by atoms with van der Waals surface area (Å²) in [5.74, 6) is 1.57. The van der Waals surface area contributed by atoms with E-state index in [0.717, 1.165) is 24.0 Å². The fourth-order valence-corrected chi connectivity index (χ4v) is 4.75. The molecule has 1 fully saturated rings. The maximum absolute atomic E-state index is 12.9. The Morgan fingerprint density at radius 3 is 2.13 bits per heavy atom. The largest absolute Gasteiger partial charge is 0.460 e. The third-order valence-electron chi connectivity index (χ3n) is 6.38. The first-order valence-corrected chi connectivity index (χ1v) is 11.0. The van der Waals surface area contributed by atoms with E-state index >= 15 is 0 Å². The predicted molar refractivity (Wildman–Crippen MR) is 119 cm³/mol. The SMILES string of the molecule is CC1CCC(C(C)C)C(Oc2cn(C(c3ccccc3)c3ccccc3)c(=O)o2)C1. The predicted octanol–water partition coefficient (Wildman–Crippen LogP) is 5.92. The lowest BCUT2D eigenvalue weighted by Crippen LogP contribution is -2.36. The third-order valence-corrected chi connectivity index (χ3v) is 6.38. The number of ether oxygens (including phenoxy) is 1. The summed E-state index contributed by atoms with van der Waals surface area (Å²) in [5, 5.41) is 0. The van der Waals surface area contributed by atoms with Crippen LogP contribution in [-0.4, -0.2) is 10.7 Å². The molecular weight excluding hydrogens is 374 g/mol. The van der Waals surface area contributed by atoms with Gasteiger partial charge < -0.3 is 9.15 Å². The second-order valence-corrected chi connectivity index (χ2v) is 8.93. The van der Waals surface area contributed by atoms with Crippen LogP contribution in [0.1, 0.15) is 57.2 Å². The molecule has 0 N–H and O–H groups in total. The highest BCUT2D eigenvalue weighted by atomic mass is 16.6. The van der Waals surface area contributed by atoms with Gasteiger partial charge in [-0.05, 0) is 41.7 Å². The first-order valence-electron chi connectivity index (χ1n) is 11.0. The Morgan fingerprint density at radius 1 is 0.967 bits per heavy atom. The lowest BCUT2D eigenvalue weighted by Gasteiger charge is -2.36. The van der Waals surface area contributed by atoms with Crippen LogP contribution in [-0.2, 0) is 0 Å². The number of benzene rings is 2. The summed E-state index contributed by atoms with van der Waals surface area (Å²) < 4.78 is 13.5. The summed E-state index contributed by atoms with van der Waals surface area (Å²) in [7, 11) is 0. The Morgan fingerprint density at radius 2 is 1.57 bits per heavy atom. The zero-order valence-corrected chi connectivity index (χ0v) is 18.0. The zero-order valence-electron chi connectivity index (χ0n) is 18.0. The van der Waals surface area contributed by atoms with E-state index in [1.807, 2.05) is 60.7 Å². The van der Waals surface area contributed by atoms with Crippen LogP contribution in [0.4, 0.5) is 0 Å². The van der Waals surface area contributed by atoms with Gasteiger partial charge in [0, 0.05) is 0 Å².